The maximum atomic E-state index is 12.6. The number of carbonyl (C=O) groups is 1. The van der Waals surface area contributed by atoms with Gasteiger partial charge in [-0.1, -0.05) is 39.0 Å². The molecule has 138 valence electrons. The molecule has 2 N–H and O–H groups in total. The maximum absolute atomic E-state index is 12.6. The number of Topliss-reactive ketones (excluding diaryl/α,β-unsaturated/α-hetero) is 1. The van der Waals surface area contributed by atoms with Gasteiger partial charge in [0.05, 0.1) is 12.7 Å². The summed E-state index contributed by atoms with van der Waals surface area (Å²) in [6.07, 6.45) is 4.27. The van der Waals surface area contributed by atoms with Gasteiger partial charge >= 0.3 is 0 Å². The van der Waals surface area contributed by atoms with Crippen molar-refractivity contribution in [3.63, 3.8) is 0 Å². The van der Waals surface area contributed by atoms with Crippen LogP contribution in [0, 0.1) is 16.7 Å². The first kappa shape index (κ1) is 19.8. The molecule has 2 fully saturated rings. The minimum atomic E-state index is -4.41. The van der Waals surface area contributed by atoms with Gasteiger partial charge in [-0.05, 0) is 36.3 Å². The average molecular weight is 367 g/mol. The van der Waals surface area contributed by atoms with Gasteiger partial charge in [-0.15, -0.1) is 0 Å². The Morgan fingerprint density at radius 2 is 1.80 bits per heavy atom. The van der Waals surface area contributed by atoms with E-state index in [2.05, 4.69) is 48.6 Å². The van der Waals surface area contributed by atoms with E-state index in [0.717, 1.165) is 31.2 Å². The first-order valence-electron chi connectivity index (χ1n) is 8.19. The zero-order chi connectivity index (χ0) is 18.9. The highest BCUT2D eigenvalue weighted by Gasteiger charge is 2.64. The lowest BCUT2D eigenvalue weighted by Gasteiger charge is -2.31. The summed E-state index contributed by atoms with van der Waals surface area (Å²) in [5.74, 6) is 0.811. The van der Waals surface area contributed by atoms with Gasteiger partial charge in [0.1, 0.15) is 11.9 Å². The zero-order valence-electron chi connectivity index (χ0n) is 15.0. The van der Waals surface area contributed by atoms with Crippen LogP contribution in [0.2, 0.25) is 0 Å². The lowest BCUT2D eigenvalue weighted by atomic mass is 9.70. The number of hydrogen-bond acceptors (Lipinski definition) is 5. The Hall–Kier alpha value is -1.54. The third kappa shape index (κ3) is 3.84. The molecule has 6 nitrogen and oxygen atoms in total. The van der Waals surface area contributed by atoms with E-state index in [1.54, 1.807) is 0 Å². The number of quaternary nitrogens is 1. The molecule has 2 unspecified atom stereocenters. The molecular weight excluding hydrogens is 342 g/mol. The van der Waals surface area contributed by atoms with Gasteiger partial charge in [0.25, 0.3) is 0 Å². The molecule has 7 heteroatoms. The van der Waals surface area contributed by atoms with E-state index in [9.17, 15) is 17.8 Å². The highest BCUT2D eigenvalue weighted by Crippen LogP contribution is 2.65. The average Bonchev–Trinajstić information content (AvgIpc) is 2.87. The Labute approximate surface area is 149 Å². The fourth-order valence-electron chi connectivity index (χ4n) is 3.87. The van der Waals surface area contributed by atoms with Crippen LogP contribution in [0.3, 0.4) is 0 Å². The molecular formula is C18H25NO5S. The molecule has 0 amide bonds. The van der Waals surface area contributed by atoms with Crippen molar-refractivity contribution in [2.45, 2.75) is 33.6 Å². The van der Waals surface area contributed by atoms with Crippen LogP contribution in [0.5, 0.6) is 0 Å². The summed E-state index contributed by atoms with van der Waals surface area (Å²) >= 11 is 0. The van der Waals surface area contributed by atoms with Crippen LogP contribution in [-0.4, -0.2) is 25.9 Å². The predicted octanol–water partition coefficient (Wildman–Crippen LogP) is 1.88. The number of hydrogen-bond donors (Lipinski definition) is 1. The van der Waals surface area contributed by atoms with Crippen LogP contribution < -0.4 is 5.32 Å². The van der Waals surface area contributed by atoms with E-state index < -0.39 is 10.4 Å². The molecule has 0 heterocycles. The first-order chi connectivity index (χ1) is 11.5. The molecule has 2 saturated carbocycles. The molecule has 3 rings (SSSR count). The Bertz CT molecular complexity index is 770. The Balaban J connectivity index is 0.000000326. The number of para-hydroxylation sites is 1. The van der Waals surface area contributed by atoms with Crippen molar-refractivity contribution in [1.29, 1.82) is 0 Å². The van der Waals surface area contributed by atoms with Crippen LogP contribution in [0.4, 0.5) is 5.69 Å². The van der Waals surface area contributed by atoms with Crippen molar-refractivity contribution in [1.82, 2.24) is 0 Å². The van der Waals surface area contributed by atoms with Crippen molar-refractivity contribution >= 4 is 21.9 Å². The zero-order valence-corrected chi connectivity index (χ0v) is 15.8. The van der Waals surface area contributed by atoms with E-state index in [1.807, 2.05) is 18.2 Å². The molecule has 0 radical (unpaired) electrons. The van der Waals surface area contributed by atoms with Gasteiger partial charge in [0.15, 0.2) is 5.78 Å². The van der Waals surface area contributed by atoms with E-state index in [4.69, 9.17) is 0 Å². The summed E-state index contributed by atoms with van der Waals surface area (Å²) in [5.41, 5.74) is 2.17. The van der Waals surface area contributed by atoms with E-state index >= 15 is 0 Å². The number of fused-ring (bicyclic) bond motifs is 2. The fourth-order valence-corrected chi connectivity index (χ4v) is 3.87. The minimum Gasteiger partial charge on any atom is -0.726 e. The van der Waals surface area contributed by atoms with Gasteiger partial charge in [-0.25, -0.2) is 8.42 Å². The summed E-state index contributed by atoms with van der Waals surface area (Å²) in [4.78, 5) is 12.6. The monoisotopic (exact) mass is 367 g/mol. The summed E-state index contributed by atoms with van der Waals surface area (Å²) < 4.78 is 31.0. The molecule has 1 aromatic rings. The molecule has 1 aromatic carbocycles. The van der Waals surface area contributed by atoms with E-state index in [0.29, 0.717) is 11.7 Å². The second-order valence-corrected chi connectivity index (χ2v) is 8.40. The third-order valence-electron chi connectivity index (χ3n) is 5.82. The van der Waals surface area contributed by atoms with Crippen LogP contribution in [0.15, 0.2) is 42.1 Å². The maximum Gasteiger partial charge on any atom is 0.217 e. The molecule has 0 saturated heterocycles. The molecule has 2 atom stereocenters. The van der Waals surface area contributed by atoms with Gasteiger partial charge in [-0.2, -0.15) is 0 Å². The van der Waals surface area contributed by atoms with Crippen LogP contribution in [0.1, 0.15) is 33.6 Å². The van der Waals surface area contributed by atoms with Crippen molar-refractivity contribution < 1.29 is 27.3 Å². The molecule has 0 aliphatic heterocycles. The van der Waals surface area contributed by atoms with Gasteiger partial charge in [0, 0.05) is 5.41 Å². The summed E-state index contributed by atoms with van der Waals surface area (Å²) in [6.45, 7) is 6.66. The lowest BCUT2D eigenvalue weighted by Crippen LogP contribution is -2.71. The topological polar surface area (TPSA) is 100 Å². The Morgan fingerprint density at radius 3 is 2.24 bits per heavy atom. The normalized spacial score (nSPS) is 28.8. The standard InChI is InChI=1S/C17H21NO.CH4O4S/c1-16(2)14-9-10-17(16,3)15(19)13(14)11-18-12-7-5-4-6-8-12;1-5-6(2,3)4/h4-8,11,14,18H,9-10H2,1-3H3;1H3,(H,2,3,4). The summed E-state index contributed by atoms with van der Waals surface area (Å²) in [7, 11) is -3.60. The number of allylic oxidation sites excluding steroid dienone is 1. The highest BCUT2D eigenvalue weighted by molar-refractivity contribution is 7.80. The third-order valence-corrected chi connectivity index (χ3v) is 6.23. The molecule has 2 bridgehead atoms. The Morgan fingerprint density at radius 1 is 1.24 bits per heavy atom. The van der Waals surface area contributed by atoms with Crippen molar-refractivity contribution in [2.75, 3.05) is 7.11 Å². The predicted molar refractivity (Wildman–Crippen MR) is 92.4 cm³/mol. The van der Waals surface area contributed by atoms with Crippen LogP contribution in [0.25, 0.3) is 0 Å². The number of carbonyl (C=O) groups excluding carboxylic acids is 1. The van der Waals surface area contributed by atoms with Gasteiger partial charge < -0.3 is 4.55 Å². The van der Waals surface area contributed by atoms with Crippen molar-refractivity contribution in [3.8, 4) is 0 Å². The highest BCUT2D eigenvalue weighted by atomic mass is 32.3. The Kier molecular flexibility index (Phi) is 5.53. The number of rotatable bonds is 3. The van der Waals surface area contributed by atoms with Gasteiger partial charge in [-0.3, -0.25) is 14.3 Å². The van der Waals surface area contributed by atoms with E-state index in [-0.39, 0.29) is 10.8 Å². The largest absolute Gasteiger partial charge is 0.726 e. The molecule has 0 spiro atoms. The van der Waals surface area contributed by atoms with Crippen molar-refractivity contribution in [2.24, 2.45) is 16.7 Å². The SMILES string of the molecule is CC12CCC(C(=C[NH2+]c3ccccc3)C1=O)C2(C)C.COS(=O)(=O)[O-]. The fraction of sp³-hybridized carbons (Fsp3) is 0.500. The lowest BCUT2D eigenvalue weighted by molar-refractivity contribution is -0.497. The van der Waals surface area contributed by atoms with Crippen LogP contribution >= 0.6 is 0 Å². The molecule has 0 aromatic heterocycles. The number of benzene rings is 1. The second-order valence-electron chi connectivity index (χ2n) is 7.25. The van der Waals surface area contributed by atoms with Gasteiger partial charge in [0.2, 0.25) is 10.4 Å². The number of nitrogens with two attached hydrogens (primary N) is 1. The van der Waals surface area contributed by atoms with E-state index in [1.165, 1.54) is 0 Å². The molecule has 2 aliphatic carbocycles. The minimum absolute atomic E-state index is 0.112. The quantitative estimate of drug-likeness (QED) is 0.380. The molecule has 2 aliphatic rings. The number of ketones is 1. The summed E-state index contributed by atoms with van der Waals surface area (Å²) in [5, 5.41) is 2.08. The smallest absolute Gasteiger partial charge is 0.217 e. The molecule has 25 heavy (non-hydrogen) atoms. The van der Waals surface area contributed by atoms with Crippen molar-refractivity contribution in [3.05, 3.63) is 42.1 Å². The van der Waals surface area contributed by atoms with Crippen LogP contribution in [-0.2, 0) is 19.4 Å². The summed E-state index contributed by atoms with van der Waals surface area (Å²) in [6, 6.07) is 10.2. The second kappa shape index (κ2) is 6.99. The first-order valence-corrected chi connectivity index (χ1v) is 9.52.